The Morgan fingerprint density at radius 1 is 0.793 bits per heavy atom. The molecule has 1 N–H and O–H groups in total. The van der Waals surface area contributed by atoms with Crippen molar-refractivity contribution in [2.45, 2.75) is 206 Å². The lowest BCUT2D eigenvalue weighted by molar-refractivity contribution is -0.159. The van der Waals surface area contributed by atoms with E-state index in [1.807, 2.05) is 40.0 Å². The Bertz CT molecular complexity index is 3190. The summed E-state index contributed by atoms with van der Waals surface area (Å²) in [6.07, 6.45) is 16.3. The van der Waals surface area contributed by atoms with Crippen LogP contribution in [0.2, 0.25) is 0 Å². The fourth-order valence-corrected chi connectivity index (χ4v) is 15.7. The SMILES string of the molecule is CC#CC12CCC3C4CCC5=CC(=O)CCC5=C4C(c4ccc(N(C)CCCC(=O)N5CCN(C(=O)C(C)CC)CC5C(=O)N5CCN(C(=O)OC(C)(C)C)CC5C(=O)N(C)CCCCCCOCCCCCCNc5cccc(C(C)=O)c5C(C)=O)cc4)CC31O2. The lowest BCUT2D eigenvalue weighted by Gasteiger charge is -2.47. The van der Waals surface area contributed by atoms with Crippen LogP contribution < -0.4 is 10.2 Å². The first kappa shape index (κ1) is 69.5. The third-order valence-corrected chi connectivity index (χ3v) is 20.7. The van der Waals surface area contributed by atoms with Crippen LogP contribution in [0, 0.1) is 29.6 Å². The summed E-state index contributed by atoms with van der Waals surface area (Å²) in [5, 5.41) is 3.34. The maximum Gasteiger partial charge on any atom is 0.410 e. The fraction of sp³-hybridized carbons (Fsp3) is 0.649. The second kappa shape index (κ2) is 30.5. The molecule has 3 heterocycles. The largest absolute Gasteiger partial charge is 0.444 e. The van der Waals surface area contributed by atoms with Crippen LogP contribution in [0.25, 0.3) is 0 Å². The van der Waals surface area contributed by atoms with Crippen LogP contribution in [0.15, 0.2) is 65.3 Å². The van der Waals surface area contributed by atoms with Gasteiger partial charge in [0.15, 0.2) is 23.0 Å². The molecule has 5 amide bonds. The molecule has 5 fully saturated rings. The van der Waals surface area contributed by atoms with E-state index in [4.69, 9.17) is 14.2 Å². The Morgan fingerprint density at radius 2 is 1.49 bits per heavy atom. The highest BCUT2D eigenvalue weighted by Crippen LogP contribution is 2.73. The molecule has 0 radical (unpaired) electrons. The number of rotatable bonds is 27. The maximum absolute atomic E-state index is 15.3. The van der Waals surface area contributed by atoms with Gasteiger partial charge in [0.25, 0.3) is 0 Å². The summed E-state index contributed by atoms with van der Waals surface area (Å²) in [4.78, 5) is 119. The van der Waals surface area contributed by atoms with Gasteiger partial charge in [0, 0.05) is 115 Å². The summed E-state index contributed by atoms with van der Waals surface area (Å²) >= 11 is 0. The normalized spacial score (nSPS) is 24.4. The quantitative estimate of drug-likeness (QED) is 0.0384. The van der Waals surface area contributed by atoms with Gasteiger partial charge in [-0.3, -0.25) is 33.6 Å². The van der Waals surface area contributed by atoms with Crippen molar-refractivity contribution in [3.8, 4) is 11.8 Å². The Morgan fingerprint density at radius 3 is 2.18 bits per heavy atom. The van der Waals surface area contributed by atoms with Gasteiger partial charge < -0.3 is 48.9 Å². The zero-order chi connectivity index (χ0) is 66.1. The number of ketones is 3. The molecule has 0 bridgehead atoms. The van der Waals surface area contributed by atoms with Gasteiger partial charge in [-0.05, 0) is 171 Å². The monoisotopic (exact) mass is 1270 g/mol. The van der Waals surface area contributed by atoms with E-state index < -0.39 is 29.7 Å². The van der Waals surface area contributed by atoms with E-state index in [1.165, 1.54) is 41.0 Å². The van der Waals surface area contributed by atoms with E-state index >= 15 is 4.79 Å². The highest BCUT2D eigenvalue weighted by molar-refractivity contribution is 6.10. The molecule has 2 aromatic carbocycles. The minimum atomic E-state index is -1.04. The first-order valence-corrected chi connectivity index (χ1v) is 34.5. The number of hydrogen-bond donors (Lipinski definition) is 1. The van der Waals surface area contributed by atoms with Gasteiger partial charge in [-0.2, -0.15) is 0 Å². The number of amides is 5. The number of allylic oxidation sites excluding steroid dienone is 4. The summed E-state index contributed by atoms with van der Waals surface area (Å²) in [5.74, 6) is 6.43. The molecule has 9 rings (SSSR count). The number of epoxide rings is 1. The van der Waals surface area contributed by atoms with Crippen molar-refractivity contribution < 1.29 is 52.6 Å². The topological polar surface area (TPSA) is 199 Å². The van der Waals surface area contributed by atoms with Crippen molar-refractivity contribution in [1.29, 1.82) is 0 Å². The molecular weight excluding hydrogens is 1160 g/mol. The molecule has 3 aliphatic heterocycles. The molecule has 8 atom stereocenters. The molecule has 2 saturated carbocycles. The van der Waals surface area contributed by atoms with Crippen LogP contribution >= 0.6 is 0 Å². The van der Waals surface area contributed by atoms with Crippen molar-refractivity contribution in [3.63, 3.8) is 0 Å². The Hall–Kier alpha value is -6.84. The van der Waals surface area contributed by atoms with E-state index in [2.05, 4.69) is 46.3 Å². The summed E-state index contributed by atoms with van der Waals surface area (Å²) < 4.78 is 18.5. The predicted octanol–water partition coefficient (Wildman–Crippen LogP) is 11.0. The second-order valence-electron chi connectivity index (χ2n) is 28.1. The van der Waals surface area contributed by atoms with Crippen molar-refractivity contribution in [2.75, 3.05) is 96.4 Å². The molecule has 500 valence electrons. The third kappa shape index (κ3) is 15.7. The molecule has 8 unspecified atom stereocenters. The van der Waals surface area contributed by atoms with Crippen molar-refractivity contribution in [1.82, 2.24) is 24.5 Å². The molecule has 18 nitrogen and oxygen atoms in total. The number of ether oxygens (including phenoxy) is 3. The average molecular weight is 1270 g/mol. The summed E-state index contributed by atoms with van der Waals surface area (Å²) in [6.45, 7) is 17.7. The van der Waals surface area contributed by atoms with E-state index in [1.54, 1.807) is 59.6 Å². The maximum atomic E-state index is 15.3. The van der Waals surface area contributed by atoms with E-state index in [-0.39, 0.29) is 104 Å². The van der Waals surface area contributed by atoms with E-state index in [0.717, 1.165) is 95.6 Å². The van der Waals surface area contributed by atoms with Crippen molar-refractivity contribution in [3.05, 3.63) is 82.0 Å². The smallest absolute Gasteiger partial charge is 0.410 e. The molecule has 92 heavy (non-hydrogen) atoms. The van der Waals surface area contributed by atoms with Crippen LogP contribution in [0.1, 0.15) is 203 Å². The van der Waals surface area contributed by atoms with Gasteiger partial charge >= 0.3 is 6.09 Å². The summed E-state index contributed by atoms with van der Waals surface area (Å²) in [5.41, 5.74) is 6.64. The van der Waals surface area contributed by atoms with Crippen molar-refractivity contribution in [2.24, 2.45) is 17.8 Å². The fourth-order valence-electron chi connectivity index (χ4n) is 15.7. The Balaban J connectivity index is 0.783. The van der Waals surface area contributed by atoms with Gasteiger partial charge in [0.1, 0.15) is 23.3 Å². The number of fused-ring (bicyclic) bond motifs is 3. The molecule has 2 aromatic rings. The molecule has 7 aliphatic rings. The lowest BCUT2D eigenvalue weighted by Crippen LogP contribution is -2.68. The molecule has 4 aliphatic carbocycles. The number of nitrogens with one attached hydrogen (secondary N) is 1. The first-order valence-electron chi connectivity index (χ1n) is 34.5. The number of hydrogen-bond acceptors (Lipinski definition) is 13. The molecule has 18 heteroatoms. The third-order valence-electron chi connectivity index (χ3n) is 20.7. The van der Waals surface area contributed by atoms with Crippen LogP contribution in [0.3, 0.4) is 0 Å². The lowest BCUT2D eigenvalue weighted by atomic mass is 9.57. The van der Waals surface area contributed by atoms with Crippen LogP contribution in [0.4, 0.5) is 16.2 Å². The highest BCUT2D eigenvalue weighted by Gasteiger charge is 2.79. The van der Waals surface area contributed by atoms with Gasteiger partial charge in [-0.25, -0.2) is 4.79 Å². The molecule has 0 aromatic heterocycles. The highest BCUT2D eigenvalue weighted by atomic mass is 16.6. The molecule has 3 saturated heterocycles. The average Bonchev–Trinajstić information content (AvgIpc) is 1.49. The van der Waals surface area contributed by atoms with Gasteiger partial charge in [0.05, 0.1) is 18.7 Å². The van der Waals surface area contributed by atoms with Crippen LogP contribution in [-0.2, 0) is 38.2 Å². The van der Waals surface area contributed by atoms with Gasteiger partial charge in [-0.1, -0.05) is 75.3 Å². The van der Waals surface area contributed by atoms with Crippen LogP contribution in [-0.4, -0.2) is 187 Å². The Labute approximate surface area is 546 Å². The number of carbonyl (C=O) groups is 8. The zero-order valence-electron chi connectivity index (χ0n) is 56.8. The van der Waals surface area contributed by atoms with E-state index in [0.29, 0.717) is 80.8 Å². The number of anilines is 2. The number of piperazine rings is 2. The summed E-state index contributed by atoms with van der Waals surface area (Å²) in [7, 11) is 3.76. The number of Topliss-reactive ketones (excluding diaryl/α,β-unsaturated/α-hetero) is 2. The number of benzene rings is 2. The van der Waals surface area contributed by atoms with Gasteiger partial charge in [-0.15, -0.1) is 5.92 Å². The number of carbonyl (C=O) groups excluding carboxylic acids is 8. The molecular formula is C74H103N7O11. The minimum absolute atomic E-state index is 0.00638. The number of nitrogens with zero attached hydrogens (tertiary/aromatic N) is 6. The van der Waals surface area contributed by atoms with Gasteiger partial charge in [0.2, 0.25) is 23.6 Å². The Kier molecular flexibility index (Phi) is 23.0. The van der Waals surface area contributed by atoms with E-state index in [9.17, 15) is 33.6 Å². The standard InChI is InChI=1S/C74H103N7O11/c1-11-35-73-36-34-61-59-32-28-54-46-56(84)31-33-58(54)67(59)60(47-74(61,73)92-73)53-26-29-55(30-27-53)76(9)39-22-25-65(85)80-42-40-78(68(86)50(3)12-2)48-64(80)70(88)81-43-41-79(71(89)91-72(6,7)8)49-63(81)69(87)77(10)38-18-14-16-20-45-90-44-19-15-13-17-37-75-62-24-21-23-57(51(4)82)66(62)52(5)83/h21,23-24,26-27,29-30,46,50,59-61,63-64,75H,12-20,22,25,28,31-34,36-45,47-49H2,1-10H3. The first-order chi connectivity index (χ1) is 44.0. The van der Waals surface area contributed by atoms with Crippen molar-refractivity contribution >= 4 is 58.4 Å². The predicted molar refractivity (Wildman–Crippen MR) is 356 cm³/mol. The number of likely N-dealkylation sites (N-methyl/N-ethyl adjacent to an activating group) is 1. The second-order valence-corrected chi connectivity index (χ2v) is 28.1. The number of unbranched alkanes of at least 4 members (excludes halogenated alkanes) is 6. The zero-order valence-corrected chi connectivity index (χ0v) is 56.8. The van der Waals surface area contributed by atoms with Crippen LogP contribution in [0.5, 0.6) is 0 Å². The minimum Gasteiger partial charge on any atom is -0.444 e. The summed E-state index contributed by atoms with van der Waals surface area (Å²) in [6, 6.07) is 12.1. The molecule has 1 spiro atoms.